The molecule has 0 saturated heterocycles. The minimum Gasteiger partial charge on any atom is -0.480 e. The van der Waals surface area contributed by atoms with Gasteiger partial charge in [0.05, 0.1) is 0 Å². The highest BCUT2D eigenvalue weighted by Gasteiger charge is 2.23. The van der Waals surface area contributed by atoms with Crippen molar-refractivity contribution in [3.8, 4) is 0 Å². The van der Waals surface area contributed by atoms with E-state index in [4.69, 9.17) is 16.7 Å². The van der Waals surface area contributed by atoms with Crippen molar-refractivity contribution in [3.63, 3.8) is 0 Å². The number of anilines is 1. The van der Waals surface area contributed by atoms with Crippen molar-refractivity contribution >= 4 is 29.3 Å². The molecule has 1 unspecified atom stereocenters. The maximum atomic E-state index is 12.5. The molecule has 0 aliphatic carbocycles. The van der Waals surface area contributed by atoms with Crippen LogP contribution < -0.4 is 4.90 Å². The summed E-state index contributed by atoms with van der Waals surface area (Å²) in [5, 5.41) is 9.49. The number of hydrogen-bond donors (Lipinski definition) is 1. The predicted octanol–water partition coefficient (Wildman–Crippen LogP) is 3.33. The third-order valence-electron chi connectivity index (χ3n) is 3.25. The number of benzene rings is 1. The number of amides is 2. The summed E-state index contributed by atoms with van der Waals surface area (Å²) < 4.78 is 0. The smallest absolute Gasteiger partial charge is 0.324 e. The highest BCUT2D eigenvalue weighted by Crippen LogP contribution is 2.21. The molecule has 0 aliphatic heterocycles. The molecule has 1 N–H and O–H groups in total. The zero-order chi connectivity index (χ0) is 16.0. The lowest BCUT2D eigenvalue weighted by atomic mass is 10.1. The van der Waals surface area contributed by atoms with Gasteiger partial charge in [0.25, 0.3) is 0 Å². The SMILES string of the molecule is CCC(C)CN(C)C(=O)N(CC(=O)O)c1cccc(Cl)c1. The van der Waals surface area contributed by atoms with Gasteiger partial charge in [0, 0.05) is 24.3 Å². The van der Waals surface area contributed by atoms with Gasteiger partial charge in [-0.25, -0.2) is 4.79 Å². The van der Waals surface area contributed by atoms with E-state index in [-0.39, 0.29) is 6.03 Å². The van der Waals surface area contributed by atoms with E-state index in [9.17, 15) is 9.59 Å². The summed E-state index contributed by atoms with van der Waals surface area (Å²) in [6.07, 6.45) is 0.952. The first kappa shape index (κ1) is 17.3. The molecule has 1 rings (SSSR count). The van der Waals surface area contributed by atoms with E-state index in [0.717, 1.165) is 6.42 Å². The van der Waals surface area contributed by atoms with Crippen LogP contribution in [0.3, 0.4) is 0 Å². The van der Waals surface area contributed by atoms with Crippen molar-refractivity contribution in [1.29, 1.82) is 0 Å². The lowest BCUT2D eigenvalue weighted by Crippen LogP contribution is -2.45. The molecule has 1 aromatic carbocycles. The summed E-state index contributed by atoms with van der Waals surface area (Å²) in [4.78, 5) is 26.3. The summed E-state index contributed by atoms with van der Waals surface area (Å²) in [5.74, 6) is -0.717. The van der Waals surface area contributed by atoms with E-state index >= 15 is 0 Å². The Morgan fingerprint density at radius 3 is 2.57 bits per heavy atom. The minimum atomic E-state index is -1.07. The van der Waals surface area contributed by atoms with Crippen LogP contribution in [0.5, 0.6) is 0 Å². The summed E-state index contributed by atoms with van der Waals surface area (Å²) in [7, 11) is 1.67. The lowest BCUT2D eigenvalue weighted by molar-refractivity contribution is -0.135. The van der Waals surface area contributed by atoms with Crippen molar-refractivity contribution in [2.45, 2.75) is 20.3 Å². The average molecular weight is 313 g/mol. The second-order valence-electron chi connectivity index (χ2n) is 5.14. The van der Waals surface area contributed by atoms with Crippen LogP contribution in [-0.4, -0.2) is 42.1 Å². The van der Waals surface area contributed by atoms with Gasteiger partial charge in [0.2, 0.25) is 0 Å². The normalized spacial score (nSPS) is 11.8. The van der Waals surface area contributed by atoms with Gasteiger partial charge in [0.15, 0.2) is 0 Å². The molecule has 21 heavy (non-hydrogen) atoms. The molecular weight excluding hydrogens is 292 g/mol. The quantitative estimate of drug-likeness (QED) is 0.876. The molecule has 1 aromatic rings. The third-order valence-corrected chi connectivity index (χ3v) is 3.49. The van der Waals surface area contributed by atoms with E-state index in [0.29, 0.717) is 23.2 Å². The number of urea groups is 1. The maximum Gasteiger partial charge on any atom is 0.324 e. The topological polar surface area (TPSA) is 60.9 Å². The molecule has 0 fully saturated rings. The molecule has 0 saturated carbocycles. The van der Waals surface area contributed by atoms with Crippen LogP contribution in [0.15, 0.2) is 24.3 Å². The fourth-order valence-corrected chi connectivity index (χ4v) is 2.11. The van der Waals surface area contributed by atoms with Gasteiger partial charge in [-0.05, 0) is 24.1 Å². The zero-order valence-electron chi connectivity index (χ0n) is 12.5. The molecule has 0 aromatic heterocycles. The molecule has 1 atom stereocenters. The molecule has 5 nitrogen and oxygen atoms in total. The summed E-state index contributed by atoms with van der Waals surface area (Å²) in [6.45, 7) is 4.27. The first-order valence-corrected chi connectivity index (χ1v) is 7.23. The lowest BCUT2D eigenvalue weighted by Gasteiger charge is -2.28. The van der Waals surface area contributed by atoms with Gasteiger partial charge in [-0.1, -0.05) is 37.9 Å². The number of hydrogen-bond acceptors (Lipinski definition) is 2. The first-order valence-electron chi connectivity index (χ1n) is 6.85. The summed E-state index contributed by atoms with van der Waals surface area (Å²) >= 11 is 5.92. The highest BCUT2D eigenvalue weighted by molar-refractivity contribution is 6.30. The fraction of sp³-hybridized carbons (Fsp3) is 0.467. The van der Waals surface area contributed by atoms with Gasteiger partial charge in [0.1, 0.15) is 6.54 Å². The van der Waals surface area contributed by atoms with Gasteiger partial charge >= 0.3 is 12.0 Å². The fourth-order valence-electron chi connectivity index (χ4n) is 1.93. The van der Waals surface area contributed by atoms with Gasteiger partial charge in [-0.15, -0.1) is 0 Å². The van der Waals surface area contributed by atoms with Crippen LogP contribution in [0.25, 0.3) is 0 Å². The molecule has 0 spiro atoms. The van der Waals surface area contributed by atoms with Gasteiger partial charge in [-0.2, -0.15) is 0 Å². The van der Waals surface area contributed by atoms with Crippen molar-refractivity contribution in [2.75, 3.05) is 25.0 Å². The Hall–Kier alpha value is -1.75. The molecular formula is C15H21ClN2O3. The number of rotatable bonds is 6. The van der Waals surface area contributed by atoms with E-state index in [1.54, 1.807) is 31.3 Å². The summed E-state index contributed by atoms with van der Waals surface area (Å²) in [5.41, 5.74) is 0.478. The Bertz CT molecular complexity index is 507. The number of carbonyl (C=O) groups excluding carboxylic acids is 1. The molecule has 2 amide bonds. The van der Waals surface area contributed by atoms with Crippen molar-refractivity contribution in [2.24, 2.45) is 5.92 Å². The van der Waals surface area contributed by atoms with Crippen LogP contribution in [0.2, 0.25) is 5.02 Å². The van der Waals surface area contributed by atoms with Crippen LogP contribution in [0.1, 0.15) is 20.3 Å². The minimum absolute atomic E-state index is 0.347. The second-order valence-corrected chi connectivity index (χ2v) is 5.57. The number of carbonyl (C=O) groups is 2. The number of carboxylic acids is 1. The van der Waals surface area contributed by atoms with E-state index in [1.807, 2.05) is 6.92 Å². The van der Waals surface area contributed by atoms with Crippen LogP contribution >= 0.6 is 11.6 Å². The van der Waals surface area contributed by atoms with Crippen LogP contribution in [-0.2, 0) is 4.79 Å². The monoisotopic (exact) mass is 312 g/mol. The Morgan fingerprint density at radius 2 is 2.05 bits per heavy atom. The van der Waals surface area contributed by atoms with E-state index in [2.05, 4.69) is 6.92 Å². The Morgan fingerprint density at radius 1 is 1.38 bits per heavy atom. The Kier molecular flexibility index (Phi) is 6.49. The Balaban J connectivity index is 2.96. The number of aliphatic carboxylic acids is 1. The molecule has 6 heteroatoms. The molecule has 0 bridgehead atoms. The third kappa shape index (κ3) is 5.27. The highest BCUT2D eigenvalue weighted by atomic mass is 35.5. The van der Waals surface area contributed by atoms with Crippen LogP contribution in [0.4, 0.5) is 10.5 Å². The first-order chi connectivity index (χ1) is 9.85. The molecule has 0 radical (unpaired) electrons. The average Bonchev–Trinajstić information content (AvgIpc) is 2.43. The number of halogens is 1. The molecule has 116 valence electrons. The zero-order valence-corrected chi connectivity index (χ0v) is 13.3. The number of nitrogens with zero attached hydrogens (tertiary/aromatic N) is 2. The van der Waals surface area contributed by atoms with Crippen LogP contribution in [0, 0.1) is 5.92 Å². The summed E-state index contributed by atoms with van der Waals surface area (Å²) in [6, 6.07) is 6.27. The standard InChI is InChI=1S/C15H21ClN2O3/c1-4-11(2)9-17(3)15(21)18(10-14(19)20)13-7-5-6-12(16)8-13/h5-8,11H,4,9-10H2,1-3H3,(H,19,20). The van der Waals surface area contributed by atoms with Crippen molar-refractivity contribution < 1.29 is 14.7 Å². The van der Waals surface area contributed by atoms with Crippen molar-refractivity contribution in [3.05, 3.63) is 29.3 Å². The van der Waals surface area contributed by atoms with E-state index in [1.165, 1.54) is 9.80 Å². The number of carboxylic acid groups (broad SMARTS) is 1. The van der Waals surface area contributed by atoms with Gasteiger partial charge < -0.3 is 10.0 Å². The molecule has 0 aliphatic rings. The molecule has 0 heterocycles. The maximum absolute atomic E-state index is 12.5. The van der Waals surface area contributed by atoms with Crippen molar-refractivity contribution in [1.82, 2.24) is 4.90 Å². The van der Waals surface area contributed by atoms with E-state index < -0.39 is 12.5 Å². The largest absolute Gasteiger partial charge is 0.480 e. The predicted molar refractivity (Wildman–Crippen MR) is 83.9 cm³/mol. The van der Waals surface area contributed by atoms with Gasteiger partial charge in [-0.3, -0.25) is 9.69 Å². The Labute approximate surface area is 130 Å². The second kappa shape index (κ2) is 7.88.